The zero-order chi connectivity index (χ0) is 13.8. The van der Waals surface area contributed by atoms with E-state index in [1.54, 1.807) is 0 Å². The van der Waals surface area contributed by atoms with Gasteiger partial charge in [-0.05, 0) is 55.4 Å². The minimum Gasteiger partial charge on any atom is -0.307 e. The van der Waals surface area contributed by atoms with E-state index >= 15 is 0 Å². The standard InChI is InChI=1S/C17H26BrN/c1-12(2)5-4-6-13(3)19-17-10-7-14-11-15(18)8-9-16(14)17/h8-9,11-13,17,19H,4-7,10H2,1-3H3. The molecule has 0 bridgehead atoms. The Hall–Kier alpha value is -0.340. The Labute approximate surface area is 126 Å². The summed E-state index contributed by atoms with van der Waals surface area (Å²) in [5.41, 5.74) is 3.03. The van der Waals surface area contributed by atoms with E-state index in [4.69, 9.17) is 0 Å². The first-order valence-corrected chi connectivity index (χ1v) is 8.40. The second kappa shape index (κ2) is 6.90. The lowest BCUT2D eigenvalue weighted by Gasteiger charge is -2.20. The van der Waals surface area contributed by atoms with Crippen molar-refractivity contribution in [2.24, 2.45) is 5.92 Å². The number of hydrogen-bond acceptors (Lipinski definition) is 1. The van der Waals surface area contributed by atoms with Crippen LogP contribution in [-0.4, -0.2) is 6.04 Å². The highest BCUT2D eigenvalue weighted by molar-refractivity contribution is 9.10. The van der Waals surface area contributed by atoms with Gasteiger partial charge >= 0.3 is 0 Å². The SMILES string of the molecule is CC(C)CCCC(C)NC1CCc2cc(Br)ccc21. The Kier molecular flexibility index (Phi) is 5.47. The van der Waals surface area contributed by atoms with Gasteiger partial charge in [0.25, 0.3) is 0 Å². The van der Waals surface area contributed by atoms with E-state index in [0.717, 1.165) is 5.92 Å². The maximum absolute atomic E-state index is 3.81. The Morgan fingerprint density at radius 1 is 1.26 bits per heavy atom. The van der Waals surface area contributed by atoms with Crippen molar-refractivity contribution in [1.82, 2.24) is 5.32 Å². The summed E-state index contributed by atoms with van der Waals surface area (Å²) in [6, 6.07) is 7.92. The Morgan fingerprint density at radius 3 is 2.79 bits per heavy atom. The smallest absolute Gasteiger partial charge is 0.0328 e. The lowest BCUT2D eigenvalue weighted by molar-refractivity contribution is 0.409. The van der Waals surface area contributed by atoms with Gasteiger partial charge in [0, 0.05) is 16.6 Å². The first kappa shape index (κ1) is 15.1. The van der Waals surface area contributed by atoms with Crippen LogP contribution in [0.1, 0.15) is 63.6 Å². The Morgan fingerprint density at radius 2 is 2.05 bits per heavy atom. The molecule has 1 N–H and O–H groups in total. The minimum atomic E-state index is 0.567. The molecule has 1 aromatic rings. The van der Waals surface area contributed by atoms with E-state index in [2.05, 4.69) is 60.2 Å². The highest BCUT2D eigenvalue weighted by Gasteiger charge is 2.23. The van der Waals surface area contributed by atoms with Gasteiger partial charge in [-0.15, -0.1) is 0 Å². The van der Waals surface area contributed by atoms with Gasteiger partial charge in [-0.25, -0.2) is 0 Å². The molecule has 2 heteroatoms. The van der Waals surface area contributed by atoms with E-state index < -0.39 is 0 Å². The zero-order valence-electron chi connectivity index (χ0n) is 12.4. The minimum absolute atomic E-state index is 0.567. The molecule has 1 aromatic carbocycles. The summed E-state index contributed by atoms with van der Waals surface area (Å²) >= 11 is 3.56. The third kappa shape index (κ3) is 4.32. The summed E-state index contributed by atoms with van der Waals surface area (Å²) in [4.78, 5) is 0. The number of rotatable bonds is 6. The fourth-order valence-corrected chi connectivity index (χ4v) is 3.43. The van der Waals surface area contributed by atoms with Crippen molar-refractivity contribution in [3.05, 3.63) is 33.8 Å². The quantitative estimate of drug-likeness (QED) is 0.754. The fraction of sp³-hybridized carbons (Fsp3) is 0.647. The molecule has 0 spiro atoms. The predicted molar refractivity (Wildman–Crippen MR) is 86.5 cm³/mol. The maximum Gasteiger partial charge on any atom is 0.0328 e. The van der Waals surface area contributed by atoms with Crippen molar-refractivity contribution in [2.75, 3.05) is 0 Å². The number of aryl methyl sites for hydroxylation is 1. The highest BCUT2D eigenvalue weighted by atomic mass is 79.9. The largest absolute Gasteiger partial charge is 0.307 e. The summed E-state index contributed by atoms with van der Waals surface area (Å²) in [6.45, 7) is 6.95. The second-order valence-electron chi connectivity index (χ2n) is 6.33. The van der Waals surface area contributed by atoms with Gasteiger partial charge in [0.05, 0.1) is 0 Å². The molecule has 0 heterocycles. The molecule has 0 saturated carbocycles. The van der Waals surface area contributed by atoms with Crippen LogP contribution in [0.15, 0.2) is 22.7 Å². The molecule has 0 radical (unpaired) electrons. The van der Waals surface area contributed by atoms with Crippen molar-refractivity contribution in [3.8, 4) is 0 Å². The molecule has 0 saturated heterocycles. The van der Waals surface area contributed by atoms with Crippen LogP contribution in [0.2, 0.25) is 0 Å². The van der Waals surface area contributed by atoms with Crippen molar-refractivity contribution in [2.45, 2.75) is 65.0 Å². The third-order valence-electron chi connectivity index (χ3n) is 4.09. The van der Waals surface area contributed by atoms with Crippen molar-refractivity contribution < 1.29 is 0 Å². The lowest BCUT2D eigenvalue weighted by Crippen LogP contribution is -2.29. The topological polar surface area (TPSA) is 12.0 Å². The van der Waals surface area contributed by atoms with Crippen LogP contribution in [0.25, 0.3) is 0 Å². The molecule has 0 amide bonds. The van der Waals surface area contributed by atoms with Gasteiger partial charge in [0.2, 0.25) is 0 Å². The summed E-state index contributed by atoms with van der Waals surface area (Å²) in [5.74, 6) is 0.830. The van der Waals surface area contributed by atoms with Crippen LogP contribution in [0.4, 0.5) is 0 Å². The Bertz CT molecular complexity index is 414. The van der Waals surface area contributed by atoms with Crippen molar-refractivity contribution in [3.63, 3.8) is 0 Å². The van der Waals surface area contributed by atoms with E-state index in [9.17, 15) is 0 Å². The Balaban J connectivity index is 1.85. The van der Waals surface area contributed by atoms with Crippen LogP contribution in [0, 0.1) is 5.92 Å². The monoisotopic (exact) mass is 323 g/mol. The van der Waals surface area contributed by atoms with E-state index in [-0.39, 0.29) is 0 Å². The van der Waals surface area contributed by atoms with E-state index in [1.807, 2.05) is 0 Å². The van der Waals surface area contributed by atoms with Gasteiger partial charge in [-0.2, -0.15) is 0 Å². The summed E-state index contributed by atoms with van der Waals surface area (Å²) in [7, 11) is 0. The molecular weight excluding hydrogens is 298 g/mol. The summed E-state index contributed by atoms with van der Waals surface area (Å²) in [6.07, 6.45) is 6.44. The van der Waals surface area contributed by atoms with Gasteiger partial charge in [-0.3, -0.25) is 0 Å². The zero-order valence-corrected chi connectivity index (χ0v) is 14.0. The number of hydrogen-bond donors (Lipinski definition) is 1. The molecule has 106 valence electrons. The lowest BCUT2D eigenvalue weighted by atomic mass is 10.0. The number of nitrogens with one attached hydrogen (secondary N) is 1. The van der Waals surface area contributed by atoms with Gasteiger partial charge in [0.1, 0.15) is 0 Å². The van der Waals surface area contributed by atoms with Crippen LogP contribution < -0.4 is 5.32 Å². The normalized spacial score (nSPS) is 19.7. The first-order chi connectivity index (χ1) is 9.06. The molecule has 0 aliphatic heterocycles. The summed E-state index contributed by atoms with van der Waals surface area (Å²) in [5, 5.41) is 3.81. The number of halogens is 1. The molecule has 2 atom stereocenters. The number of benzene rings is 1. The third-order valence-corrected chi connectivity index (χ3v) is 4.58. The molecular formula is C17H26BrN. The van der Waals surface area contributed by atoms with Crippen molar-refractivity contribution in [1.29, 1.82) is 0 Å². The van der Waals surface area contributed by atoms with Crippen LogP contribution >= 0.6 is 15.9 Å². The van der Waals surface area contributed by atoms with Gasteiger partial charge < -0.3 is 5.32 Å². The molecule has 0 fully saturated rings. The van der Waals surface area contributed by atoms with Gasteiger partial charge in [-0.1, -0.05) is 48.7 Å². The summed E-state index contributed by atoms with van der Waals surface area (Å²) < 4.78 is 1.21. The average Bonchev–Trinajstić information content (AvgIpc) is 2.71. The van der Waals surface area contributed by atoms with Crippen LogP contribution in [-0.2, 0) is 6.42 Å². The molecule has 2 unspecified atom stereocenters. The molecule has 2 rings (SSSR count). The fourth-order valence-electron chi connectivity index (χ4n) is 3.02. The van der Waals surface area contributed by atoms with Crippen molar-refractivity contribution >= 4 is 15.9 Å². The predicted octanol–water partition coefficient (Wildman–Crippen LogP) is 5.24. The highest BCUT2D eigenvalue weighted by Crippen LogP contribution is 2.33. The van der Waals surface area contributed by atoms with Gasteiger partial charge in [0.15, 0.2) is 0 Å². The average molecular weight is 324 g/mol. The number of fused-ring (bicyclic) bond motifs is 1. The molecule has 1 nitrogen and oxygen atoms in total. The molecule has 0 aromatic heterocycles. The molecule has 19 heavy (non-hydrogen) atoms. The first-order valence-electron chi connectivity index (χ1n) is 7.60. The van der Waals surface area contributed by atoms with Crippen LogP contribution in [0.3, 0.4) is 0 Å². The van der Waals surface area contributed by atoms with E-state index in [1.165, 1.54) is 47.7 Å². The van der Waals surface area contributed by atoms with E-state index in [0.29, 0.717) is 12.1 Å². The molecule has 1 aliphatic carbocycles. The molecule has 1 aliphatic rings. The van der Waals surface area contributed by atoms with Crippen LogP contribution in [0.5, 0.6) is 0 Å². The maximum atomic E-state index is 3.81. The second-order valence-corrected chi connectivity index (χ2v) is 7.24.